The lowest BCUT2D eigenvalue weighted by atomic mass is 10.5. The average Bonchev–Trinajstić information content (AvgIpc) is 2.46. The summed E-state index contributed by atoms with van der Waals surface area (Å²) >= 11 is 0. The van der Waals surface area contributed by atoms with Crippen LogP contribution in [0.1, 0.15) is 13.3 Å². The summed E-state index contributed by atoms with van der Waals surface area (Å²) in [5, 5.41) is -0.271. The van der Waals surface area contributed by atoms with Crippen LogP contribution in [0.2, 0.25) is 0 Å². The molecule has 1 heterocycles. The van der Waals surface area contributed by atoms with Crippen LogP contribution in [-0.4, -0.2) is 36.2 Å². The van der Waals surface area contributed by atoms with Crippen LogP contribution >= 0.6 is 0 Å². The molecule has 0 aliphatic carbocycles. The predicted octanol–water partition coefficient (Wildman–Crippen LogP) is -0.120. The Kier molecular flexibility index (Phi) is 2.40. The molecule has 0 aromatic rings. The van der Waals surface area contributed by atoms with Crippen molar-refractivity contribution in [3.8, 4) is 0 Å². The second-order valence-electron chi connectivity index (χ2n) is 2.49. The van der Waals surface area contributed by atoms with Gasteiger partial charge in [-0.25, -0.2) is 8.42 Å². The lowest BCUT2D eigenvalue weighted by Crippen LogP contribution is -2.19. The van der Waals surface area contributed by atoms with Crippen LogP contribution in [0.4, 0.5) is 0 Å². The van der Waals surface area contributed by atoms with Crippen LogP contribution in [0.25, 0.3) is 5.53 Å². The normalized spacial score (nSPS) is 16.6. The molecule has 0 atom stereocenters. The van der Waals surface area contributed by atoms with Crippen LogP contribution in [0, 0.1) is 0 Å². The number of rotatable bonds is 1. The summed E-state index contributed by atoms with van der Waals surface area (Å²) in [6.07, 6.45) is 1.49. The third-order valence-corrected chi connectivity index (χ3v) is 2.40. The van der Waals surface area contributed by atoms with Gasteiger partial charge in [0.25, 0.3) is 5.04 Å². The summed E-state index contributed by atoms with van der Waals surface area (Å²) < 4.78 is 22.1. The Morgan fingerprint density at radius 1 is 1.46 bits per heavy atom. The lowest BCUT2D eigenvalue weighted by Gasteiger charge is -1.87. The highest BCUT2D eigenvalue weighted by Gasteiger charge is 2.34. The van der Waals surface area contributed by atoms with Crippen LogP contribution in [0.5, 0.6) is 0 Å². The van der Waals surface area contributed by atoms with E-state index in [0.717, 1.165) is 6.26 Å². The molecule has 0 amide bonds. The van der Waals surface area contributed by atoms with Gasteiger partial charge in [-0.3, -0.25) is 0 Å². The van der Waals surface area contributed by atoms with Crippen molar-refractivity contribution < 1.29 is 13.2 Å². The number of hydrogen-bond acceptors (Lipinski definition) is 3. The zero-order valence-corrected chi connectivity index (χ0v) is 8.04. The monoisotopic (exact) mass is 200 g/mol. The molecule has 1 rings (SSSR count). The lowest BCUT2D eigenvalue weighted by molar-refractivity contribution is -0.00256. The molecular formula is C6H8N4O2S. The largest absolute Gasteiger partial charge is 0.497 e. The van der Waals surface area contributed by atoms with Gasteiger partial charge in [-0.05, 0) is 4.99 Å². The molecule has 0 radical (unpaired) electrons. The summed E-state index contributed by atoms with van der Waals surface area (Å²) in [7, 11) is -3.46. The minimum absolute atomic E-state index is 0.237. The Labute approximate surface area is 75.6 Å². The first kappa shape index (κ1) is 9.76. The highest BCUT2D eigenvalue weighted by atomic mass is 32.2. The van der Waals surface area contributed by atoms with Crippen molar-refractivity contribution in [2.45, 2.75) is 13.3 Å². The fourth-order valence-electron chi connectivity index (χ4n) is 0.834. The van der Waals surface area contributed by atoms with Crippen molar-refractivity contribution in [3.05, 3.63) is 5.53 Å². The highest BCUT2D eigenvalue weighted by molar-refractivity contribution is 8.07. The van der Waals surface area contributed by atoms with E-state index in [2.05, 4.69) is 14.8 Å². The van der Waals surface area contributed by atoms with E-state index in [1.165, 1.54) is 0 Å². The molecule has 0 spiro atoms. The molecule has 1 aliphatic heterocycles. The summed E-state index contributed by atoms with van der Waals surface area (Å²) in [5.41, 5.74) is 8.45. The molecule has 0 bridgehead atoms. The maximum atomic E-state index is 11.1. The van der Waals surface area contributed by atoms with Gasteiger partial charge in [0, 0.05) is 12.7 Å². The summed E-state index contributed by atoms with van der Waals surface area (Å²) in [4.78, 5) is 10.2. The topological polar surface area (TPSA) is 95.3 Å². The minimum Gasteiger partial charge on any atom is -0.497 e. The molecule has 1 aliphatic rings. The SMILES string of the molecule is CCC1=NC(=[N+]=[N-])C(S(C)(=O)=O)=N1. The molecule has 0 N–H and O–H groups in total. The van der Waals surface area contributed by atoms with Gasteiger partial charge in [-0.15, -0.1) is 0 Å². The molecule has 0 saturated heterocycles. The van der Waals surface area contributed by atoms with E-state index in [4.69, 9.17) is 5.53 Å². The van der Waals surface area contributed by atoms with Crippen LogP contribution in [0.3, 0.4) is 0 Å². The molecule has 70 valence electrons. The van der Waals surface area contributed by atoms with Gasteiger partial charge < -0.3 is 10.3 Å². The van der Waals surface area contributed by atoms with Crippen molar-refractivity contribution in [1.29, 1.82) is 0 Å². The van der Waals surface area contributed by atoms with E-state index in [-0.39, 0.29) is 10.9 Å². The molecule has 0 aromatic heterocycles. The quantitative estimate of drug-likeness (QED) is 0.435. The smallest absolute Gasteiger partial charge is 0.440 e. The van der Waals surface area contributed by atoms with E-state index in [9.17, 15) is 8.42 Å². The summed E-state index contributed by atoms with van der Waals surface area (Å²) in [6, 6.07) is 0. The van der Waals surface area contributed by atoms with Gasteiger partial charge in [0.15, 0.2) is 0 Å². The minimum atomic E-state index is -3.46. The molecule has 0 aromatic carbocycles. The third-order valence-electron chi connectivity index (χ3n) is 1.42. The first-order valence-corrected chi connectivity index (χ1v) is 5.47. The average molecular weight is 200 g/mol. The predicted molar refractivity (Wildman–Crippen MR) is 48.6 cm³/mol. The van der Waals surface area contributed by atoms with Crippen molar-refractivity contribution in [1.82, 2.24) is 0 Å². The fourth-order valence-corrected chi connectivity index (χ4v) is 1.52. The molecule has 7 heteroatoms. The second kappa shape index (κ2) is 3.20. The molecule has 6 nitrogen and oxygen atoms in total. The molecule has 0 saturated carbocycles. The number of aliphatic imine (C=N–C) groups is 2. The van der Waals surface area contributed by atoms with Crippen LogP contribution in [0.15, 0.2) is 9.98 Å². The van der Waals surface area contributed by atoms with Gasteiger partial charge in [-0.2, -0.15) is 4.99 Å². The third kappa shape index (κ3) is 1.88. The second-order valence-corrected chi connectivity index (χ2v) is 4.43. The zero-order chi connectivity index (χ0) is 10.1. The number of hydrogen-bond donors (Lipinski definition) is 0. The Morgan fingerprint density at radius 3 is 2.38 bits per heavy atom. The van der Waals surface area contributed by atoms with Crippen molar-refractivity contribution >= 4 is 26.6 Å². The highest BCUT2D eigenvalue weighted by Crippen LogP contribution is 2.05. The summed E-state index contributed by atoms with van der Waals surface area (Å²) in [6.45, 7) is 1.78. The van der Waals surface area contributed by atoms with E-state index < -0.39 is 9.84 Å². The van der Waals surface area contributed by atoms with E-state index in [0.29, 0.717) is 12.3 Å². The van der Waals surface area contributed by atoms with Crippen molar-refractivity contribution in [3.63, 3.8) is 0 Å². The number of sulfone groups is 1. The molecular weight excluding hydrogens is 192 g/mol. The van der Waals surface area contributed by atoms with E-state index in [1.807, 2.05) is 0 Å². The first-order valence-electron chi connectivity index (χ1n) is 3.57. The maximum Gasteiger partial charge on any atom is 0.440 e. The van der Waals surface area contributed by atoms with Crippen LogP contribution < -0.4 is 0 Å². The standard InChI is InChI=1S/C6H8N4O2S/c1-3-4-8-5(10-7)6(9-4)13(2,11)12/h3H2,1-2H3. The van der Waals surface area contributed by atoms with Gasteiger partial charge in [0.1, 0.15) is 0 Å². The van der Waals surface area contributed by atoms with Crippen LogP contribution in [-0.2, 0) is 9.84 Å². The first-order chi connectivity index (χ1) is 5.99. The Hall–Kier alpha value is -1.33. The zero-order valence-electron chi connectivity index (χ0n) is 7.22. The maximum absolute atomic E-state index is 11.1. The summed E-state index contributed by atoms with van der Waals surface area (Å²) in [5.74, 6) is 0.118. The number of amidine groups is 2. The Balaban J connectivity index is 3.26. The molecule has 0 fully saturated rings. The van der Waals surface area contributed by atoms with Gasteiger partial charge in [-0.1, -0.05) is 6.92 Å². The Bertz CT molecular complexity index is 439. The Morgan fingerprint density at radius 2 is 2.08 bits per heavy atom. The molecule has 0 unspecified atom stereocenters. The van der Waals surface area contributed by atoms with Gasteiger partial charge >= 0.3 is 5.84 Å². The van der Waals surface area contributed by atoms with Gasteiger partial charge in [0.2, 0.25) is 15.7 Å². The molecule has 13 heavy (non-hydrogen) atoms. The van der Waals surface area contributed by atoms with Crippen molar-refractivity contribution in [2.75, 3.05) is 6.26 Å². The fraction of sp³-hybridized carbons (Fsp3) is 0.500. The van der Waals surface area contributed by atoms with E-state index >= 15 is 0 Å². The van der Waals surface area contributed by atoms with Gasteiger partial charge in [0.05, 0.1) is 0 Å². The number of nitrogens with zero attached hydrogens (tertiary/aromatic N) is 4. The van der Waals surface area contributed by atoms with E-state index in [1.54, 1.807) is 6.92 Å². The van der Waals surface area contributed by atoms with Crippen molar-refractivity contribution in [2.24, 2.45) is 9.98 Å².